The summed E-state index contributed by atoms with van der Waals surface area (Å²) >= 11 is 0. The fraction of sp³-hybridized carbons (Fsp3) is 0.300. The molecule has 7 nitrogen and oxygen atoms in total. The fourth-order valence-corrected chi connectivity index (χ4v) is 3.10. The molecule has 0 saturated carbocycles. The average Bonchev–Trinajstić information content (AvgIpc) is 3.11. The molecule has 1 saturated heterocycles. The maximum atomic E-state index is 12.2. The number of carbonyl (C=O) groups is 1. The van der Waals surface area contributed by atoms with E-state index in [0.717, 1.165) is 22.4 Å². The van der Waals surface area contributed by atoms with Crippen LogP contribution in [0.4, 0.5) is 4.79 Å². The lowest BCUT2D eigenvalue weighted by Crippen LogP contribution is -2.42. The summed E-state index contributed by atoms with van der Waals surface area (Å²) in [5, 5.41) is 5.06. The van der Waals surface area contributed by atoms with Gasteiger partial charge in [0.25, 0.3) is 0 Å². The monoisotopic (exact) mass is 368 g/mol. The van der Waals surface area contributed by atoms with Crippen LogP contribution in [0.1, 0.15) is 11.3 Å². The second-order valence-electron chi connectivity index (χ2n) is 6.24. The van der Waals surface area contributed by atoms with Crippen LogP contribution in [0.3, 0.4) is 0 Å². The molecule has 140 valence electrons. The minimum Gasteiger partial charge on any atom is -0.496 e. The summed E-state index contributed by atoms with van der Waals surface area (Å²) in [6, 6.07) is 13.1. The Labute approximate surface area is 156 Å². The predicted molar refractivity (Wildman–Crippen MR) is 98.2 cm³/mol. The summed E-state index contributed by atoms with van der Waals surface area (Å²) < 4.78 is 21.5. The first kappa shape index (κ1) is 17.4. The summed E-state index contributed by atoms with van der Waals surface area (Å²) in [5.74, 6) is 1.24. The molecular weight excluding hydrogens is 348 g/mol. The third kappa shape index (κ3) is 3.73. The number of nitrogens with zero attached hydrogens (tertiary/aromatic N) is 2. The average molecular weight is 368 g/mol. The summed E-state index contributed by atoms with van der Waals surface area (Å²) in [5.41, 5.74) is 2.41. The Morgan fingerprint density at radius 3 is 2.81 bits per heavy atom. The molecule has 0 aliphatic carbocycles. The number of aromatic nitrogens is 1. The van der Waals surface area contributed by atoms with Gasteiger partial charge in [-0.3, -0.25) is 0 Å². The molecule has 27 heavy (non-hydrogen) atoms. The van der Waals surface area contributed by atoms with E-state index in [1.165, 1.54) is 0 Å². The number of benzene rings is 2. The maximum absolute atomic E-state index is 12.2. The lowest BCUT2D eigenvalue weighted by Gasteiger charge is -2.25. The van der Waals surface area contributed by atoms with E-state index in [1.54, 1.807) is 24.1 Å². The highest BCUT2D eigenvalue weighted by Gasteiger charge is 2.19. The van der Waals surface area contributed by atoms with Crippen LogP contribution in [0.25, 0.3) is 11.0 Å². The molecule has 2 aromatic carbocycles. The maximum Gasteiger partial charge on any atom is 0.415 e. The van der Waals surface area contributed by atoms with Gasteiger partial charge in [-0.05, 0) is 18.2 Å². The lowest BCUT2D eigenvalue weighted by molar-refractivity contribution is 0.0416. The molecule has 1 fully saturated rings. The number of rotatable bonds is 4. The van der Waals surface area contributed by atoms with E-state index in [0.29, 0.717) is 44.1 Å². The van der Waals surface area contributed by atoms with Crippen molar-refractivity contribution >= 4 is 17.1 Å². The van der Waals surface area contributed by atoms with E-state index in [9.17, 15) is 4.79 Å². The van der Waals surface area contributed by atoms with Crippen molar-refractivity contribution in [2.75, 3.05) is 33.4 Å². The summed E-state index contributed by atoms with van der Waals surface area (Å²) in [4.78, 5) is 13.8. The van der Waals surface area contributed by atoms with Crippen LogP contribution in [0.2, 0.25) is 0 Å². The molecule has 0 radical (unpaired) electrons. The minimum atomic E-state index is -0.383. The lowest BCUT2D eigenvalue weighted by atomic mass is 10.1. The molecule has 3 aromatic rings. The number of morpholine rings is 1. The molecule has 1 aliphatic heterocycles. The van der Waals surface area contributed by atoms with E-state index in [4.69, 9.17) is 18.7 Å². The van der Waals surface area contributed by atoms with Gasteiger partial charge in [0, 0.05) is 36.5 Å². The Hall–Kier alpha value is -3.06. The molecule has 0 N–H and O–H groups in total. The molecule has 4 rings (SSSR count). The molecule has 1 aliphatic rings. The molecular formula is C20H20N2O5. The zero-order chi connectivity index (χ0) is 18.6. The molecule has 0 bridgehead atoms. The second-order valence-corrected chi connectivity index (χ2v) is 6.24. The van der Waals surface area contributed by atoms with Gasteiger partial charge in [0.15, 0.2) is 5.58 Å². The number of hydrogen-bond donors (Lipinski definition) is 0. The van der Waals surface area contributed by atoms with Gasteiger partial charge >= 0.3 is 6.09 Å². The third-order valence-electron chi connectivity index (χ3n) is 4.54. The van der Waals surface area contributed by atoms with Crippen LogP contribution >= 0.6 is 0 Å². The molecule has 0 atom stereocenters. The Balaban J connectivity index is 1.52. The van der Waals surface area contributed by atoms with Crippen LogP contribution < -0.4 is 9.47 Å². The van der Waals surface area contributed by atoms with Crippen molar-refractivity contribution in [3.05, 3.63) is 53.7 Å². The molecule has 0 spiro atoms. The Bertz CT molecular complexity index is 946. The van der Waals surface area contributed by atoms with E-state index >= 15 is 0 Å². The molecule has 7 heteroatoms. The third-order valence-corrected chi connectivity index (χ3v) is 4.54. The van der Waals surface area contributed by atoms with Gasteiger partial charge in [0.05, 0.1) is 26.0 Å². The van der Waals surface area contributed by atoms with Crippen molar-refractivity contribution in [3.8, 4) is 11.5 Å². The first-order chi connectivity index (χ1) is 13.2. The molecule has 1 amide bonds. The number of carbonyl (C=O) groups excluding carboxylic acids is 1. The summed E-state index contributed by atoms with van der Waals surface area (Å²) in [6.45, 7) is 2.13. The van der Waals surface area contributed by atoms with Crippen molar-refractivity contribution in [1.29, 1.82) is 0 Å². The first-order valence-electron chi connectivity index (χ1n) is 8.79. The predicted octanol–water partition coefficient (Wildman–Crippen LogP) is 3.26. The number of hydrogen-bond acceptors (Lipinski definition) is 6. The van der Waals surface area contributed by atoms with Crippen molar-refractivity contribution in [2.24, 2.45) is 0 Å². The Kier molecular flexibility index (Phi) is 4.93. The number of amides is 1. The number of methoxy groups -OCH3 is 1. The van der Waals surface area contributed by atoms with Gasteiger partial charge in [-0.1, -0.05) is 23.4 Å². The van der Waals surface area contributed by atoms with Gasteiger partial charge in [-0.2, -0.15) is 0 Å². The van der Waals surface area contributed by atoms with Crippen LogP contribution in [0.5, 0.6) is 11.5 Å². The van der Waals surface area contributed by atoms with Crippen LogP contribution in [-0.4, -0.2) is 49.6 Å². The highest BCUT2D eigenvalue weighted by molar-refractivity contribution is 5.82. The van der Waals surface area contributed by atoms with Crippen LogP contribution in [0, 0.1) is 0 Å². The zero-order valence-corrected chi connectivity index (χ0v) is 15.0. The summed E-state index contributed by atoms with van der Waals surface area (Å²) in [7, 11) is 1.65. The largest absolute Gasteiger partial charge is 0.496 e. The van der Waals surface area contributed by atoms with Gasteiger partial charge in [0.1, 0.15) is 11.5 Å². The van der Waals surface area contributed by atoms with Crippen molar-refractivity contribution < 1.29 is 23.5 Å². The highest BCUT2D eigenvalue weighted by atomic mass is 16.6. The van der Waals surface area contributed by atoms with Crippen molar-refractivity contribution in [1.82, 2.24) is 10.1 Å². The second kappa shape index (κ2) is 7.67. The number of para-hydroxylation sites is 1. The summed E-state index contributed by atoms with van der Waals surface area (Å²) in [6.07, 6.45) is 0.204. The van der Waals surface area contributed by atoms with E-state index in [1.807, 2.05) is 30.3 Å². The van der Waals surface area contributed by atoms with Crippen LogP contribution in [0.15, 0.2) is 47.0 Å². The van der Waals surface area contributed by atoms with Gasteiger partial charge < -0.3 is 23.6 Å². The quantitative estimate of drug-likeness (QED) is 0.704. The Morgan fingerprint density at radius 1 is 1.19 bits per heavy atom. The van der Waals surface area contributed by atoms with E-state index < -0.39 is 0 Å². The van der Waals surface area contributed by atoms with Gasteiger partial charge in [-0.15, -0.1) is 0 Å². The van der Waals surface area contributed by atoms with E-state index in [2.05, 4.69) is 5.16 Å². The number of ether oxygens (including phenoxy) is 3. The van der Waals surface area contributed by atoms with Crippen molar-refractivity contribution in [3.63, 3.8) is 0 Å². The first-order valence-corrected chi connectivity index (χ1v) is 8.79. The van der Waals surface area contributed by atoms with Crippen LogP contribution in [-0.2, 0) is 11.2 Å². The smallest absolute Gasteiger partial charge is 0.415 e. The fourth-order valence-electron chi connectivity index (χ4n) is 3.10. The standard InChI is InChI=1S/C20H20N2O5/c1-24-18-5-3-2-4-14(18)12-17-16-7-6-15(13-19(16)27-21-17)26-20(23)22-8-10-25-11-9-22/h2-7,13H,8-12H2,1H3. The molecule has 0 unspecified atom stereocenters. The van der Waals surface area contributed by atoms with Gasteiger partial charge in [-0.25, -0.2) is 4.79 Å². The normalized spacial score (nSPS) is 14.3. The Morgan fingerprint density at radius 2 is 2.00 bits per heavy atom. The topological polar surface area (TPSA) is 74.0 Å². The van der Waals surface area contributed by atoms with E-state index in [-0.39, 0.29) is 6.09 Å². The zero-order valence-electron chi connectivity index (χ0n) is 15.0. The number of fused-ring (bicyclic) bond motifs is 1. The SMILES string of the molecule is COc1ccccc1Cc1noc2cc(OC(=O)N3CCOCC3)ccc12. The van der Waals surface area contributed by atoms with Crippen molar-refractivity contribution in [2.45, 2.75) is 6.42 Å². The molecule has 2 heterocycles. The molecule has 1 aromatic heterocycles. The van der Waals surface area contributed by atoms with Gasteiger partial charge in [0.2, 0.25) is 0 Å². The minimum absolute atomic E-state index is 0.383. The highest BCUT2D eigenvalue weighted by Crippen LogP contribution is 2.28.